The van der Waals surface area contributed by atoms with Crippen LogP contribution in [0.3, 0.4) is 0 Å². The first-order valence-corrected chi connectivity index (χ1v) is 7.04. The van der Waals surface area contributed by atoms with Crippen LogP contribution in [0.5, 0.6) is 0 Å². The lowest BCUT2D eigenvalue weighted by Crippen LogP contribution is -2.37. The Morgan fingerprint density at radius 2 is 2.14 bits per heavy atom. The van der Waals surface area contributed by atoms with Crippen molar-refractivity contribution in [3.05, 3.63) is 29.6 Å². The highest BCUT2D eigenvalue weighted by Gasteiger charge is 2.12. The lowest BCUT2D eigenvalue weighted by atomic mass is 10.1. The molecule has 1 unspecified atom stereocenters. The van der Waals surface area contributed by atoms with E-state index >= 15 is 0 Å². The molecule has 6 heteroatoms. The Bertz CT molecular complexity index is 491. The second-order valence-electron chi connectivity index (χ2n) is 5.24. The number of pyridine rings is 1. The molecule has 6 nitrogen and oxygen atoms in total. The van der Waals surface area contributed by atoms with E-state index in [4.69, 9.17) is 5.11 Å². The van der Waals surface area contributed by atoms with Gasteiger partial charge in [-0.25, -0.2) is 4.79 Å². The van der Waals surface area contributed by atoms with Gasteiger partial charge in [0.2, 0.25) is 0 Å². The first-order valence-electron chi connectivity index (χ1n) is 7.04. The van der Waals surface area contributed by atoms with Crippen LogP contribution < -0.4 is 5.32 Å². The minimum absolute atomic E-state index is 0.179. The fourth-order valence-corrected chi connectivity index (χ4v) is 1.86. The standard InChI is InChI=1S/C15H23N3O3/c1-11(14(19)20)6-5-9-16-15(21)18(3)10-13-8-4-7-12(2)17-13/h4,7-8,11H,5-6,9-10H2,1-3H3,(H,16,21)(H,19,20). The zero-order valence-electron chi connectivity index (χ0n) is 12.8. The fraction of sp³-hybridized carbons (Fsp3) is 0.533. The van der Waals surface area contributed by atoms with Gasteiger partial charge in [-0.2, -0.15) is 0 Å². The van der Waals surface area contributed by atoms with Crippen molar-refractivity contribution in [2.75, 3.05) is 13.6 Å². The molecule has 1 aromatic rings. The van der Waals surface area contributed by atoms with Crippen molar-refractivity contribution in [3.8, 4) is 0 Å². The minimum Gasteiger partial charge on any atom is -0.481 e. The van der Waals surface area contributed by atoms with Gasteiger partial charge < -0.3 is 15.3 Å². The average Bonchev–Trinajstić information content (AvgIpc) is 2.42. The normalized spacial score (nSPS) is 11.8. The highest BCUT2D eigenvalue weighted by atomic mass is 16.4. The number of aryl methyl sites for hydroxylation is 1. The quantitative estimate of drug-likeness (QED) is 0.754. The number of carbonyl (C=O) groups excluding carboxylic acids is 1. The molecule has 0 aliphatic carbocycles. The van der Waals surface area contributed by atoms with Gasteiger partial charge in [0.05, 0.1) is 18.2 Å². The molecule has 1 heterocycles. The third-order valence-corrected chi connectivity index (χ3v) is 3.20. The molecule has 0 spiro atoms. The Balaban J connectivity index is 2.30. The summed E-state index contributed by atoms with van der Waals surface area (Å²) in [5.41, 5.74) is 1.76. The summed E-state index contributed by atoms with van der Waals surface area (Å²) in [5.74, 6) is -1.18. The second kappa shape index (κ2) is 8.24. The van der Waals surface area contributed by atoms with E-state index in [0.29, 0.717) is 25.9 Å². The van der Waals surface area contributed by atoms with E-state index in [9.17, 15) is 9.59 Å². The van der Waals surface area contributed by atoms with Crippen LogP contribution in [0.15, 0.2) is 18.2 Å². The third kappa shape index (κ3) is 6.25. The summed E-state index contributed by atoms with van der Waals surface area (Å²) in [5, 5.41) is 11.5. The monoisotopic (exact) mass is 293 g/mol. The number of nitrogens with zero attached hydrogens (tertiary/aromatic N) is 2. The molecule has 1 rings (SSSR count). The maximum atomic E-state index is 11.9. The summed E-state index contributed by atoms with van der Waals surface area (Å²) in [6, 6.07) is 5.52. The zero-order chi connectivity index (χ0) is 15.8. The number of carboxylic acids is 1. The predicted octanol–water partition coefficient (Wildman–Crippen LogP) is 2.03. The molecule has 0 aromatic carbocycles. The topological polar surface area (TPSA) is 82.5 Å². The van der Waals surface area contributed by atoms with E-state index in [-0.39, 0.29) is 11.9 Å². The number of aliphatic carboxylic acids is 1. The van der Waals surface area contributed by atoms with Crippen LogP contribution in [0.25, 0.3) is 0 Å². The van der Waals surface area contributed by atoms with Gasteiger partial charge >= 0.3 is 12.0 Å². The number of carbonyl (C=O) groups is 2. The van der Waals surface area contributed by atoms with E-state index in [1.165, 1.54) is 0 Å². The van der Waals surface area contributed by atoms with Crippen molar-refractivity contribution < 1.29 is 14.7 Å². The molecule has 21 heavy (non-hydrogen) atoms. The van der Waals surface area contributed by atoms with Gasteiger partial charge in [0.15, 0.2) is 0 Å². The highest BCUT2D eigenvalue weighted by molar-refractivity contribution is 5.73. The van der Waals surface area contributed by atoms with Crippen LogP contribution in [-0.2, 0) is 11.3 Å². The Hall–Kier alpha value is -2.11. The third-order valence-electron chi connectivity index (χ3n) is 3.20. The summed E-state index contributed by atoms with van der Waals surface area (Å²) in [6.45, 7) is 4.49. The summed E-state index contributed by atoms with van der Waals surface area (Å²) in [6.07, 6.45) is 1.20. The number of aromatic nitrogens is 1. The molecule has 0 saturated heterocycles. The molecule has 2 amide bonds. The summed E-state index contributed by atoms with van der Waals surface area (Å²) < 4.78 is 0. The van der Waals surface area contributed by atoms with Crippen molar-refractivity contribution in [1.29, 1.82) is 0 Å². The van der Waals surface area contributed by atoms with E-state index < -0.39 is 5.97 Å². The fourth-order valence-electron chi connectivity index (χ4n) is 1.86. The summed E-state index contributed by atoms with van der Waals surface area (Å²) in [4.78, 5) is 28.5. The van der Waals surface area contributed by atoms with E-state index in [2.05, 4.69) is 10.3 Å². The Morgan fingerprint density at radius 1 is 1.43 bits per heavy atom. The van der Waals surface area contributed by atoms with Crippen molar-refractivity contribution in [2.24, 2.45) is 5.92 Å². The largest absolute Gasteiger partial charge is 0.481 e. The second-order valence-corrected chi connectivity index (χ2v) is 5.24. The molecular weight excluding hydrogens is 270 g/mol. The van der Waals surface area contributed by atoms with Gasteiger partial charge in [-0.15, -0.1) is 0 Å². The van der Waals surface area contributed by atoms with Gasteiger partial charge in [0, 0.05) is 19.3 Å². The molecule has 0 bridgehead atoms. The molecule has 0 saturated carbocycles. The number of rotatable bonds is 7. The van der Waals surface area contributed by atoms with Crippen molar-refractivity contribution in [2.45, 2.75) is 33.2 Å². The Kier molecular flexibility index (Phi) is 6.65. The van der Waals surface area contributed by atoms with Crippen LogP contribution in [0.4, 0.5) is 4.79 Å². The number of hydrogen-bond acceptors (Lipinski definition) is 3. The van der Waals surface area contributed by atoms with Gasteiger partial charge in [0.1, 0.15) is 0 Å². The molecule has 1 aromatic heterocycles. The van der Waals surface area contributed by atoms with Gasteiger partial charge in [-0.3, -0.25) is 9.78 Å². The molecule has 0 radical (unpaired) electrons. The lowest BCUT2D eigenvalue weighted by Gasteiger charge is -2.18. The Morgan fingerprint density at radius 3 is 2.76 bits per heavy atom. The van der Waals surface area contributed by atoms with Crippen LogP contribution in [0.2, 0.25) is 0 Å². The molecule has 0 aliphatic rings. The number of carboxylic acid groups (broad SMARTS) is 1. The first-order chi connectivity index (χ1) is 9.90. The van der Waals surface area contributed by atoms with Gasteiger partial charge in [-0.1, -0.05) is 13.0 Å². The number of nitrogens with one attached hydrogen (secondary N) is 1. The van der Waals surface area contributed by atoms with Crippen LogP contribution in [-0.4, -0.2) is 40.6 Å². The van der Waals surface area contributed by atoms with Crippen molar-refractivity contribution in [3.63, 3.8) is 0 Å². The first kappa shape index (κ1) is 16.9. The Labute approximate surface area is 125 Å². The van der Waals surface area contributed by atoms with Crippen LogP contribution in [0.1, 0.15) is 31.2 Å². The molecule has 1 atom stereocenters. The molecule has 116 valence electrons. The average molecular weight is 293 g/mol. The molecule has 2 N–H and O–H groups in total. The lowest BCUT2D eigenvalue weighted by molar-refractivity contribution is -0.141. The highest BCUT2D eigenvalue weighted by Crippen LogP contribution is 2.05. The van der Waals surface area contributed by atoms with Gasteiger partial charge in [0.25, 0.3) is 0 Å². The predicted molar refractivity (Wildman–Crippen MR) is 79.9 cm³/mol. The molecule has 0 aliphatic heterocycles. The zero-order valence-corrected chi connectivity index (χ0v) is 12.8. The van der Waals surface area contributed by atoms with Crippen molar-refractivity contribution in [1.82, 2.24) is 15.2 Å². The van der Waals surface area contributed by atoms with Crippen LogP contribution >= 0.6 is 0 Å². The summed E-state index contributed by atoms with van der Waals surface area (Å²) >= 11 is 0. The smallest absolute Gasteiger partial charge is 0.317 e. The van der Waals surface area contributed by atoms with Crippen molar-refractivity contribution >= 4 is 12.0 Å². The van der Waals surface area contributed by atoms with E-state index in [1.807, 2.05) is 25.1 Å². The van der Waals surface area contributed by atoms with E-state index in [1.54, 1.807) is 18.9 Å². The van der Waals surface area contributed by atoms with Crippen LogP contribution in [0, 0.1) is 12.8 Å². The maximum absolute atomic E-state index is 11.9. The maximum Gasteiger partial charge on any atom is 0.317 e. The number of urea groups is 1. The number of hydrogen-bond donors (Lipinski definition) is 2. The SMILES string of the molecule is Cc1cccc(CN(C)C(=O)NCCCC(C)C(=O)O)n1. The molecular formula is C15H23N3O3. The number of amides is 2. The van der Waals surface area contributed by atoms with E-state index in [0.717, 1.165) is 11.4 Å². The van der Waals surface area contributed by atoms with Gasteiger partial charge in [-0.05, 0) is 31.9 Å². The minimum atomic E-state index is -0.802. The molecule has 0 fully saturated rings. The summed E-state index contributed by atoms with van der Waals surface area (Å²) in [7, 11) is 1.71.